The Labute approximate surface area is 151 Å². The topological polar surface area (TPSA) is 67.8 Å². The Balaban J connectivity index is 2.37. The first-order valence-electron chi connectivity index (χ1n) is 7.81. The standard InChI is InChI=1S/C17H23BBrNO4/c1-11(21)20-10-13(8-12-9-14(19)6-7-15(12)22)18-23-16(2,3)17(4,5)24-18/h6-9,22H,10H2,1-5H3,(H,20,21). The highest BCUT2D eigenvalue weighted by molar-refractivity contribution is 9.10. The van der Waals surface area contributed by atoms with Gasteiger partial charge in [0.05, 0.1) is 11.2 Å². The number of phenolic OH excluding ortho intramolecular Hbond substituents is 1. The third kappa shape index (κ3) is 4.20. The molecule has 0 radical (unpaired) electrons. The number of carbonyl (C=O) groups excluding carboxylic acids is 1. The summed E-state index contributed by atoms with van der Waals surface area (Å²) in [5.41, 5.74) is 0.398. The van der Waals surface area contributed by atoms with Gasteiger partial charge in [0.25, 0.3) is 0 Å². The quantitative estimate of drug-likeness (QED) is 0.767. The molecule has 24 heavy (non-hydrogen) atoms. The minimum Gasteiger partial charge on any atom is -0.507 e. The summed E-state index contributed by atoms with van der Waals surface area (Å²) in [4.78, 5) is 11.3. The third-order valence-electron chi connectivity index (χ3n) is 4.43. The lowest BCUT2D eigenvalue weighted by Crippen LogP contribution is -2.41. The number of hydrogen-bond donors (Lipinski definition) is 2. The first-order chi connectivity index (χ1) is 11.0. The number of amides is 1. The Hall–Kier alpha value is -1.31. The van der Waals surface area contributed by atoms with Crippen LogP contribution in [0.15, 0.2) is 28.1 Å². The minimum absolute atomic E-state index is 0.143. The average molecular weight is 396 g/mol. The second kappa shape index (κ2) is 6.90. The molecule has 1 amide bonds. The van der Waals surface area contributed by atoms with Gasteiger partial charge in [-0.25, -0.2) is 0 Å². The van der Waals surface area contributed by atoms with Gasteiger partial charge in [0.15, 0.2) is 0 Å². The van der Waals surface area contributed by atoms with Crippen LogP contribution in [0.25, 0.3) is 6.08 Å². The van der Waals surface area contributed by atoms with Crippen LogP contribution >= 0.6 is 15.9 Å². The molecule has 7 heteroatoms. The van der Waals surface area contributed by atoms with Crippen LogP contribution in [0.3, 0.4) is 0 Å². The highest BCUT2D eigenvalue weighted by Gasteiger charge is 2.52. The number of benzene rings is 1. The van der Waals surface area contributed by atoms with Crippen molar-refractivity contribution in [2.45, 2.75) is 45.8 Å². The van der Waals surface area contributed by atoms with Crippen molar-refractivity contribution in [3.63, 3.8) is 0 Å². The molecular weight excluding hydrogens is 373 g/mol. The fourth-order valence-electron chi connectivity index (χ4n) is 2.26. The monoisotopic (exact) mass is 395 g/mol. The van der Waals surface area contributed by atoms with Crippen molar-refractivity contribution in [2.24, 2.45) is 0 Å². The minimum atomic E-state index is -0.597. The third-order valence-corrected chi connectivity index (χ3v) is 4.92. The zero-order valence-electron chi connectivity index (χ0n) is 14.6. The molecule has 1 fully saturated rings. The van der Waals surface area contributed by atoms with Crippen molar-refractivity contribution in [3.05, 3.63) is 33.7 Å². The lowest BCUT2D eigenvalue weighted by Gasteiger charge is -2.32. The van der Waals surface area contributed by atoms with E-state index in [0.717, 1.165) is 9.95 Å². The largest absolute Gasteiger partial charge is 0.507 e. The van der Waals surface area contributed by atoms with Gasteiger partial charge in [-0.3, -0.25) is 4.79 Å². The van der Waals surface area contributed by atoms with Gasteiger partial charge >= 0.3 is 7.12 Å². The van der Waals surface area contributed by atoms with Crippen molar-refractivity contribution in [3.8, 4) is 5.75 Å². The van der Waals surface area contributed by atoms with Gasteiger partial charge in [0.1, 0.15) is 5.75 Å². The smallest absolute Gasteiger partial charge is 0.492 e. The van der Waals surface area contributed by atoms with Crippen LogP contribution < -0.4 is 5.32 Å². The Bertz CT molecular complexity index is 657. The molecule has 1 aromatic carbocycles. The van der Waals surface area contributed by atoms with E-state index in [1.54, 1.807) is 24.3 Å². The van der Waals surface area contributed by atoms with Gasteiger partial charge in [-0.1, -0.05) is 22.0 Å². The maximum absolute atomic E-state index is 11.3. The van der Waals surface area contributed by atoms with E-state index in [-0.39, 0.29) is 18.2 Å². The van der Waals surface area contributed by atoms with Crippen LogP contribution in [-0.4, -0.2) is 35.9 Å². The van der Waals surface area contributed by atoms with E-state index in [1.165, 1.54) is 6.92 Å². The molecule has 0 atom stereocenters. The number of nitrogens with one attached hydrogen (secondary N) is 1. The van der Waals surface area contributed by atoms with Crippen molar-refractivity contribution >= 4 is 35.0 Å². The molecule has 0 aromatic heterocycles. The van der Waals surface area contributed by atoms with Gasteiger partial charge < -0.3 is 19.7 Å². The molecule has 1 heterocycles. The average Bonchev–Trinajstić information content (AvgIpc) is 2.66. The van der Waals surface area contributed by atoms with Gasteiger partial charge in [-0.05, 0) is 51.4 Å². The molecule has 0 saturated carbocycles. The Morgan fingerprint density at radius 1 is 1.29 bits per heavy atom. The summed E-state index contributed by atoms with van der Waals surface area (Å²) in [5, 5.41) is 12.8. The van der Waals surface area contributed by atoms with Gasteiger partial charge in [-0.2, -0.15) is 0 Å². The highest BCUT2D eigenvalue weighted by Crippen LogP contribution is 2.39. The fraction of sp³-hybridized carbons (Fsp3) is 0.471. The molecule has 0 unspecified atom stereocenters. The number of aromatic hydroxyl groups is 1. The first-order valence-corrected chi connectivity index (χ1v) is 8.60. The molecular formula is C17H23BBrNO4. The second-order valence-electron chi connectivity index (χ2n) is 6.92. The number of phenols is 1. The van der Waals surface area contributed by atoms with Crippen LogP contribution in [0.2, 0.25) is 0 Å². The molecule has 130 valence electrons. The molecule has 1 aromatic rings. The lowest BCUT2D eigenvalue weighted by atomic mass is 9.77. The normalized spacial score (nSPS) is 19.4. The van der Waals surface area contributed by atoms with Gasteiger partial charge in [0, 0.05) is 23.5 Å². The van der Waals surface area contributed by atoms with Crippen molar-refractivity contribution in [2.75, 3.05) is 6.54 Å². The fourth-order valence-corrected chi connectivity index (χ4v) is 2.64. The van der Waals surface area contributed by atoms with Crippen molar-refractivity contribution < 1.29 is 19.2 Å². The maximum atomic E-state index is 11.3. The summed E-state index contributed by atoms with van der Waals surface area (Å²) >= 11 is 3.40. The zero-order chi connectivity index (χ0) is 18.1. The van der Waals surface area contributed by atoms with E-state index in [2.05, 4.69) is 21.2 Å². The summed E-state index contributed by atoms with van der Waals surface area (Å²) in [6.07, 6.45) is 1.79. The first kappa shape index (κ1) is 19.0. The summed E-state index contributed by atoms with van der Waals surface area (Å²) in [6.45, 7) is 9.62. The Morgan fingerprint density at radius 2 is 1.88 bits per heavy atom. The van der Waals surface area contributed by atoms with E-state index < -0.39 is 18.3 Å². The van der Waals surface area contributed by atoms with Crippen LogP contribution in [0.1, 0.15) is 40.2 Å². The van der Waals surface area contributed by atoms with Gasteiger partial charge in [-0.15, -0.1) is 0 Å². The Kier molecular flexibility index (Phi) is 5.47. The lowest BCUT2D eigenvalue weighted by molar-refractivity contribution is -0.118. The van der Waals surface area contributed by atoms with E-state index >= 15 is 0 Å². The maximum Gasteiger partial charge on any atom is 0.492 e. The van der Waals surface area contributed by atoms with Crippen LogP contribution in [0.5, 0.6) is 5.75 Å². The molecule has 5 nitrogen and oxygen atoms in total. The second-order valence-corrected chi connectivity index (χ2v) is 7.84. The molecule has 1 aliphatic rings. The van der Waals surface area contributed by atoms with Crippen LogP contribution in [0, 0.1) is 0 Å². The van der Waals surface area contributed by atoms with E-state index in [1.807, 2.05) is 27.7 Å². The summed E-state index contributed by atoms with van der Waals surface area (Å²) < 4.78 is 13.0. The summed E-state index contributed by atoms with van der Waals surface area (Å²) in [5.74, 6) is 0.00549. The van der Waals surface area contributed by atoms with E-state index in [4.69, 9.17) is 9.31 Å². The number of halogens is 1. The number of rotatable bonds is 4. The summed E-state index contributed by atoms with van der Waals surface area (Å²) in [7, 11) is -0.597. The number of carbonyl (C=O) groups is 1. The molecule has 2 N–H and O–H groups in total. The predicted molar refractivity (Wildman–Crippen MR) is 98.5 cm³/mol. The zero-order valence-corrected chi connectivity index (χ0v) is 16.2. The molecule has 2 rings (SSSR count). The van der Waals surface area contributed by atoms with E-state index in [0.29, 0.717) is 5.56 Å². The van der Waals surface area contributed by atoms with Crippen LogP contribution in [-0.2, 0) is 14.1 Å². The molecule has 0 bridgehead atoms. The molecule has 0 aliphatic carbocycles. The highest BCUT2D eigenvalue weighted by atomic mass is 79.9. The summed E-state index contributed by atoms with van der Waals surface area (Å²) in [6, 6.07) is 5.17. The van der Waals surface area contributed by atoms with Crippen molar-refractivity contribution in [1.29, 1.82) is 0 Å². The van der Waals surface area contributed by atoms with Crippen molar-refractivity contribution in [1.82, 2.24) is 5.32 Å². The molecule has 0 spiro atoms. The Morgan fingerprint density at radius 3 is 2.42 bits per heavy atom. The SMILES string of the molecule is CC(=O)NCC(=Cc1cc(Br)ccc1O)B1OC(C)(C)C(C)(C)O1. The van der Waals surface area contributed by atoms with E-state index in [9.17, 15) is 9.90 Å². The molecule has 1 saturated heterocycles. The molecule has 1 aliphatic heterocycles. The van der Waals surface area contributed by atoms with Crippen LogP contribution in [0.4, 0.5) is 0 Å². The number of hydrogen-bond acceptors (Lipinski definition) is 4. The predicted octanol–water partition coefficient (Wildman–Crippen LogP) is 3.31. The van der Waals surface area contributed by atoms with Gasteiger partial charge in [0.2, 0.25) is 5.91 Å².